The molecule has 0 aromatic heterocycles. The number of rotatable bonds is 6. The summed E-state index contributed by atoms with van der Waals surface area (Å²) in [6.45, 7) is 0.840. The maximum absolute atomic E-state index is 12.9. The summed E-state index contributed by atoms with van der Waals surface area (Å²) in [5, 5.41) is 11.8. The molecule has 3 rings (SSSR count). The number of amides is 2. The molecule has 0 spiro atoms. The highest BCUT2D eigenvalue weighted by molar-refractivity contribution is 7.89. The van der Waals surface area contributed by atoms with Gasteiger partial charge in [0.15, 0.2) is 0 Å². The van der Waals surface area contributed by atoms with Crippen LogP contribution in [0.5, 0.6) is 0 Å². The van der Waals surface area contributed by atoms with Crippen molar-refractivity contribution in [3.05, 3.63) is 58.6 Å². The second-order valence-electron chi connectivity index (χ2n) is 7.49. The number of hydrogen-bond acceptors (Lipinski definition) is 5. The number of likely N-dealkylation sites (N-methyl/N-ethyl adjacent to an activating group) is 1. The minimum Gasteiger partial charge on any atom is -0.339 e. The molecule has 0 bridgehead atoms. The molecular formula is C22H23ClN4O4S. The third-order valence-electron chi connectivity index (χ3n) is 5.19. The normalized spacial score (nSPS) is 14.1. The lowest BCUT2D eigenvalue weighted by Crippen LogP contribution is -2.37. The molecule has 1 aliphatic heterocycles. The molecule has 0 atom stereocenters. The summed E-state index contributed by atoms with van der Waals surface area (Å²) in [6.07, 6.45) is 2.94. The lowest BCUT2D eigenvalue weighted by Gasteiger charge is -2.27. The number of nitrogens with zero attached hydrogens (tertiary/aromatic N) is 3. The summed E-state index contributed by atoms with van der Waals surface area (Å²) in [7, 11) is -2.66. The molecule has 32 heavy (non-hydrogen) atoms. The Morgan fingerprint density at radius 3 is 2.41 bits per heavy atom. The molecule has 0 saturated carbocycles. The Bertz CT molecular complexity index is 1150. The largest absolute Gasteiger partial charge is 0.339 e. The van der Waals surface area contributed by atoms with Crippen LogP contribution in [-0.2, 0) is 14.8 Å². The van der Waals surface area contributed by atoms with E-state index in [0.717, 1.165) is 23.6 Å². The van der Waals surface area contributed by atoms with E-state index < -0.39 is 22.5 Å². The monoisotopic (exact) mass is 474 g/mol. The first-order valence-electron chi connectivity index (χ1n) is 10.1. The Labute approximate surface area is 192 Å². The number of nitrogens with one attached hydrogen (secondary N) is 1. The van der Waals surface area contributed by atoms with Gasteiger partial charge in [-0.1, -0.05) is 11.6 Å². The Morgan fingerprint density at radius 1 is 1.12 bits per heavy atom. The Hall–Kier alpha value is -2.93. The van der Waals surface area contributed by atoms with Crippen molar-refractivity contribution >= 4 is 39.1 Å². The topological polar surface area (TPSA) is 111 Å². The zero-order valence-electron chi connectivity index (χ0n) is 17.5. The highest BCUT2D eigenvalue weighted by Gasteiger charge is 2.25. The maximum atomic E-state index is 12.9. The predicted molar refractivity (Wildman–Crippen MR) is 121 cm³/mol. The van der Waals surface area contributed by atoms with Gasteiger partial charge in [-0.15, -0.1) is 0 Å². The van der Waals surface area contributed by atoms with Crippen molar-refractivity contribution in [3.63, 3.8) is 0 Å². The predicted octanol–water partition coefficient (Wildman–Crippen LogP) is 3.10. The number of likely N-dealkylation sites (tertiary alicyclic amines) is 1. The third kappa shape index (κ3) is 5.46. The number of anilines is 1. The molecule has 2 amide bonds. The summed E-state index contributed by atoms with van der Waals surface area (Å²) < 4.78 is 26.4. The molecule has 0 unspecified atom stereocenters. The second kappa shape index (κ2) is 10.1. The fraction of sp³-hybridized carbons (Fsp3) is 0.318. The van der Waals surface area contributed by atoms with Crippen molar-refractivity contribution in [2.45, 2.75) is 24.2 Å². The van der Waals surface area contributed by atoms with Gasteiger partial charge in [-0.25, -0.2) is 8.42 Å². The van der Waals surface area contributed by atoms with E-state index in [1.807, 2.05) is 6.07 Å². The Balaban J connectivity index is 1.74. The van der Waals surface area contributed by atoms with Crippen molar-refractivity contribution in [3.8, 4) is 6.07 Å². The van der Waals surface area contributed by atoms with Gasteiger partial charge >= 0.3 is 0 Å². The van der Waals surface area contributed by atoms with Crippen molar-refractivity contribution < 1.29 is 18.0 Å². The zero-order valence-corrected chi connectivity index (χ0v) is 19.1. The van der Waals surface area contributed by atoms with E-state index in [2.05, 4.69) is 5.32 Å². The molecule has 2 aromatic rings. The van der Waals surface area contributed by atoms with Crippen molar-refractivity contribution in [2.75, 3.05) is 32.0 Å². The number of sulfonamides is 1. The highest BCUT2D eigenvalue weighted by atomic mass is 35.5. The Morgan fingerprint density at radius 2 is 1.78 bits per heavy atom. The van der Waals surface area contributed by atoms with Gasteiger partial charge in [0.1, 0.15) is 0 Å². The van der Waals surface area contributed by atoms with E-state index in [1.165, 1.54) is 37.4 Å². The van der Waals surface area contributed by atoms with Gasteiger partial charge in [-0.05, 0) is 61.7 Å². The van der Waals surface area contributed by atoms with Crippen molar-refractivity contribution in [1.29, 1.82) is 5.26 Å². The average Bonchev–Trinajstić information content (AvgIpc) is 2.79. The van der Waals surface area contributed by atoms with Crippen LogP contribution in [-0.4, -0.2) is 56.1 Å². The maximum Gasteiger partial charge on any atom is 0.255 e. The molecule has 0 aliphatic carbocycles. The molecule has 2 aromatic carbocycles. The van der Waals surface area contributed by atoms with E-state index in [-0.39, 0.29) is 16.5 Å². The quantitative estimate of drug-likeness (QED) is 0.691. The van der Waals surface area contributed by atoms with E-state index in [9.17, 15) is 18.0 Å². The van der Waals surface area contributed by atoms with Crippen molar-refractivity contribution in [1.82, 2.24) is 9.21 Å². The minimum absolute atomic E-state index is 0.0319. The number of carbonyl (C=O) groups is 2. The van der Waals surface area contributed by atoms with Crippen LogP contribution in [0.2, 0.25) is 5.02 Å². The third-order valence-corrected chi connectivity index (χ3v) is 7.24. The number of piperidine rings is 1. The van der Waals surface area contributed by atoms with Crippen LogP contribution in [0, 0.1) is 11.3 Å². The molecule has 1 fully saturated rings. The smallest absolute Gasteiger partial charge is 0.255 e. The van der Waals surface area contributed by atoms with Crippen molar-refractivity contribution in [2.24, 2.45) is 0 Å². The van der Waals surface area contributed by atoms with Gasteiger partial charge in [0.05, 0.1) is 34.3 Å². The first kappa shape index (κ1) is 23.7. The fourth-order valence-electron chi connectivity index (χ4n) is 3.43. The Kier molecular flexibility index (Phi) is 7.51. The van der Waals surface area contributed by atoms with Gasteiger partial charge < -0.3 is 10.2 Å². The van der Waals surface area contributed by atoms with Gasteiger partial charge in [0.2, 0.25) is 15.9 Å². The molecule has 1 heterocycles. The molecule has 1 N–H and O–H groups in total. The van der Waals surface area contributed by atoms with Gasteiger partial charge in [0, 0.05) is 25.2 Å². The van der Waals surface area contributed by atoms with E-state index >= 15 is 0 Å². The van der Waals surface area contributed by atoms with Crippen LogP contribution in [0.1, 0.15) is 35.2 Å². The number of carbonyl (C=O) groups excluding carboxylic acids is 2. The van der Waals surface area contributed by atoms with Gasteiger partial charge in [-0.2, -0.15) is 9.57 Å². The van der Waals surface area contributed by atoms with E-state index in [0.29, 0.717) is 29.2 Å². The summed E-state index contributed by atoms with van der Waals surface area (Å²) in [5.41, 5.74) is 0.876. The first-order chi connectivity index (χ1) is 15.2. The lowest BCUT2D eigenvalue weighted by molar-refractivity contribution is -0.116. The number of benzene rings is 2. The molecule has 8 nitrogen and oxygen atoms in total. The summed E-state index contributed by atoms with van der Waals surface area (Å²) in [5.74, 6) is -0.810. The zero-order chi connectivity index (χ0) is 23.3. The minimum atomic E-state index is -3.94. The molecule has 1 aliphatic rings. The lowest BCUT2D eigenvalue weighted by atomic mass is 10.1. The summed E-state index contributed by atoms with van der Waals surface area (Å²) in [6, 6.07) is 12.0. The second-order valence-corrected chi connectivity index (χ2v) is 9.97. The summed E-state index contributed by atoms with van der Waals surface area (Å²) >= 11 is 6.07. The molecule has 10 heteroatoms. The fourth-order valence-corrected chi connectivity index (χ4v) is 4.73. The molecule has 1 saturated heterocycles. The molecule has 0 radical (unpaired) electrons. The van der Waals surface area contributed by atoms with Gasteiger partial charge in [0.25, 0.3) is 5.91 Å². The molecule has 168 valence electrons. The number of halogens is 1. The molecular weight excluding hydrogens is 452 g/mol. The standard InChI is InChI=1S/C22H23ClN4O4S/c1-26(32(30,31)18-8-5-16(14-24)6-9-18)15-21(28)25-20-13-17(23)7-10-19(20)22(29)27-11-3-2-4-12-27/h5-10,13H,2-4,11-12,15H2,1H3,(H,25,28). The van der Waals surface area contributed by atoms with Crippen LogP contribution in [0.4, 0.5) is 5.69 Å². The van der Waals surface area contributed by atoms with E-state index in [4.69, 9.17) is 16.9 Å². The van der Waals surface area contributed by atoms with Crippen LogP contribution in [0.3, 0.4) is 0 Å². The average molecular weight is 475 g/mol. The van der Waals surface area contributed by atoms with Crippen LogP contribution < -0.4 is 5.32 Å². The summed E-state index contributed by atoms with van der Waals surface area (Å²) in [4.78, 5) is 27.3. The van der Waals surface area contributed by atoms with E-state index in [1.54, 1.807) is 17.0 Å². The number of nitriles is 1. The van der Waals surface area contributed by atoms with Gasteiger partial charge in [-0.3, -0.25) is 9.59 Å². The van der Waals surface area contributed by atoms with Crippen LogP contribution >= 0.6 is 11.6 Å². The SMILES string of the molecule is CN(CC(=O)Nc1cc(Cl)ccc1C(=O)N1CCCCC1)S(=O)(=O)c1ccc(C#N)cc1. The first-order valence-corrected chi connectivity index (χ1v) is 11.9. The highest BCUT2D eigenvalue weighted by Crippen LogP contribution is 2.24. The van der Waals surface area contributed by atoms with Crippen LogP contribution in [0.25, 0.3) is 0 Å². The number of hydrogen-bond donors (Lipinski definition) is 1. The van der Waals surface area contributed by atoms with Crippen LogP contribution in [0.15, 0.2) is 47.4 Å².